The van der Waals surface area contributed by atoms with Crippen LogP contribution in [0.4, 0.5) is 5.82 Å². The molecule has 1 saturated carbocycles. The molecule has 184 valence electrons. The van der Waals surface area contributed by atoms with Gasteiger partial charge in [0.25, 0.3) is 0 Å². The van der Waals surface area contributed by atoms with E-state index in [4.69, 9.17) is 16.3 Å². The van der Waals surface area contributed by atoms with Gasteiger partial charge in [0, 0.05) is 11.8 Å². The maximum absolute atomic E-state index is 11.7. The number of aliphatic hydroxyl groups is 3. The van der Waals surface area contributed by atoms with Crippen molar-refractivity contribution >= 4 is 47.8 Å². The van der Waals surface area contributed by atoms with E-state index in [0.717, 1.165) is 37.4 Å². The molecule has 12 nitrogen and oxygen atoms in total. The minimum atomic E-state index is -4.64. The number of thioether (sulfide) groups is 1. The number of nitrogens with zero attached hydrogens (tertiary/aromatic N) is 4. The first-order valence-electron chi connectivity index (χ1n) is 10.5. The number of nitrogens with one attached hydrogen (secondary N) is 1. The molecule has 0 radical (unpaired) electrons. The Morgan fingerprint density at radius 2 is 2.00 bits per heavy atom. The Morgan fingerprint density at radius 3 is 2.64 bits per heavy atom. The molecular formula is C18H27ClN5O7PS. The molecule has 0 amide bonds. The van der Waals surface area contributed by atoms with E-state index in [2.05, 4.69) is 20.4 Å². The lowest BCUT2D eigenvalue weighted by atomic mass is 10.1. The van der Waals surface area contributed by atoms with Gasteiger partial charge in [0.15, 0.2) is 11.9 Å². The Morgan fingerprint density at radius 1 is 1.30 bits per heavy atom. The van der Waals surface area contributed by atoms with Gasteiger partial charge in [0.2, 0.25) is 5.28 Å². The molecule has 2 aromatic rings. The zero-order valence-electron chi connectivity index (χ0n) is 17.8. The molecule has 1 aliphatic carbocycles. The van der Waals surface area contributed by atoms with Crippen LogP contribution in [0.25, 0.3) is 11.0 Å². The number of aliphatic hydroxyl groups excluding tert-OH is 3. The van der Waals surface area contributed by atoms with Crippen molar-refractivity contribution in [3.8, 4) is 0 Å². The fourth-order valence-corrected chi connectivity index (χ4v) is 6.15. The summed E-state index contributed by atoms with van der Waals surface area (Å²) in [5, 5.41) is 38.9. The maximum atomic E-state index is 11.7. The van der Waals surface area contributed by atoms with Crippen LogP contribution in [-0.4, -0.2) is 86.1 Å². The maximum Gasteiger partial charge on any atom is 0.343 e. The molecule has 2 aliphatic rings. The molecule has 0 spiro atoms. The number of hydrogen-bond donors (Lipinski definition) is 6. The number of hydrogen-bond acceptors (Lipinski definition) is 10. The summed E-state index contributed by atoms with van der Waals surface area (Å²) >= 11 is 6.90. The molecule has 1 unspecified atom stereocenters. The normalized spacial score (nSPS) is 28.5. The summed E-state index contributed by atoms with van der Waals surface area (Å²) in [5.74, 6) is 0.448. The summed E-state index contributed by atoms with van der Waals surface area (Å²) in [6, 6.07) is 0.272. The fourth-order valence-electron chi connectivity index (χ4n) is 4.01. The molecule has 4 rings (SSSR count). The van der Waals surface area contributed by atoms with Crippen LogP contribution in [0, 0.1) is 0 Å². The Balaban J connectivity index is 1.56. The molecule has 1 saturated heterocycles. The van der Waals surface area contributed by atoms with E-state index in [1.165, 1.54) is 17.8 Å². The Hall–Kier alpha value is -1.02. The predicted octanol–water partition coefficient (Wildman–Crippen LogP) is 1.07. The summed E-state index contributed by atoms with van der Waals surface area (Å²) in [4.78, 5) is 27.6. The second kappa shape index (κ2) is 9.56. The molecule has 0 bridgehead atoms. The Labute approximate surface area is 198 Å². The Kier molecular flexibility index (Phi) is 7.26. The van der Waals surface area contributed by atoms with Crippen LogP contribution in [0.3, 0.4) is 0 Å². The number of aromatic nitrogens is 4. The molecule has 2 fully saturated rings. The van der Waals surface area contributed by atoms with Crippen LogP contribution in [-0.2, 0) is 9.30 Å². The van der Waals surface area contributed by atoms with Gasteiger partial charge in [0.05, 0.1) is 24.3 Å². The summed E-state index contributed by atoms with van der Waals surface area (Å²) < 4.78 is 17.1. The molecule has 3 heterocycles. The molecular weight excluding hydrogens is 497 g/mol. The van der Waals surface area contributed by atoms with Gasteiger partial charge in [-0.3, -0.25) is 4.57 Å². The van der Waals surface area contributed by atoms with E-state index in [-0.39, 0.29) is 17.1 Å². The van der Waals surface area contributed by atoms with Crippen molar-refractivity contribution in [2.75, 3.05) is 17.7 Å². The first kappa shape index (κ1) is 25.1. The lowest BCUT2D eigenvalue weighted by Crippen LogP contribution is -2.35. The number of ether oxygens (including phenoxy) is 1. The van der Waals surface area contributed by atoms with Gasteiger partial charge >= 0.3 is 7.60 Å². The smallest absolute Gasteiger partial charge is 0.343 e. The van der Waals surface area contributed by atoms with Crippen molar-refractivity contribution in [3.05, 3.63) is 11.5 Å². The number of halogens is 1. The third-order valence-corrected chi connectivity index (χ3v) is 10.1. The molecule has 2 aromatic heterocycles. The van der Waals surface area contributed by atoms with Gasteiger partial charge in [-0.25, -0.2) is 4.68 Å². The van der Waals surface area contributed by atoms with Gasteiger partial charge in [-0.05, 0) is 31.4 Å². The van der Waals surface area contributed by atoms with E-state index in [9.17, 15) is 29.7 Å². The standard InChI is InChI=1S/C18H27ClN5O7PS/c1-18(8-25,32(28,29)30)33-7-11-12(26)13(27)16(31-11)24-15-10(6-20-24)14(22-17(19)23-15)21-9-4-2-3-5-9/h6,9,11-13,16,25-27H,2-5,7-8H2,1H3,(H,21,22,23)(H2,28,29,30)/t11-,12-,13-,16-,18?/m1/s1. The first-order valence-corrected chi connectivity index (χ1v) is 13.5. The highest BCUT2D eigenvalue weighted by molar-refractivity contribution is 8.06. The van der Waals surface area contributed by atoms with Crippen molar-refractivity contribution < 1.29 is 34.4 Å². The van der Waals surface area contributed by atoms with Crippen molar-refractivity contribution in [2.24, 2.45) is 0 Å². The van der Waals surface area contributed by atoms with E-state index >= 15 is 0 Å². The van der Waals surface area contributed by atoms with Crippen molar-refractivity contribution in [3.63, 3.8) is 0 Å². The van der Waals surface area contributed by atoms with Crippen LogP contribution < -0.4 is 5.32 Å². The van der Waals surface area contributed by atoms with Gasteiger partial charge in [0.1, 0.15) is 22.5 Å². The lowest BCUT2D eigenvalue weighted by Gasteiger charge is -2.28. The van der Waals surface area contributed by atoms with Crippen LogP contribution >= 0.6 is 31.0 Å². The number of anilines is 1. The topological polar surface area (TPSA) is 183 Å². The zero-order valence-corrected chi connectivity index (χ0v) is 20.2. The van der Waals surface area contributed by atoms with Crippen molar-refractivity contribution in [1.82, 2.24) is 19.7 Å². The molecule has 5 atom stereocenters. The SMILES string of the molecule is CC(CO)(SC[C@H]1O[C@@H](n2ncc3c(NC4CCCC4)nc(Cl)nc32)[C@H](O)[C@@H]1O)P(=O)(O)O. The monoisotopic (exact) mass is 523 g/mol. The molecule has 15 heteroatoms. The molecule has 33 heavy (non-hydrogen) atoms. The quantitative estimate of drug-likeness (QED) is 0.214. The Bertz CT molecular complexity index is 1050. The van der Waals surface area contributed by atoms with Crippen molar-refractivity contribution in [1.29, 1.82) is 0 Å². The zero-order chi connectivity index (χ0) is 24.0. The average Bonchev–Trinajstić information content (AvgIpc) is 3.47. The summed E-state index contributed by atoms with van der Waals surface area (Å²) in [6.45, 7) is 0.458. The molecule has 0 aromatic carbocycles. The highest BCUT2D eigenvalue weighted by Crippen LogP contribution is 2.57. The highest BCUT2D eigenvalue weighted by atomic mass is 35.5. The van der Waals surface area contributed by atoms with Crippen LogP contribution in [0.2, 0.25) is 5.28 Å². The van der Waals surface area contributed by atoms with Crippen LogP contribution in [0.15, 0.2) is 6.20 Å². The van der Waals surface area contributed by atoms with Gasteiger partial charge in [-0.1, -0.05) is 12.8 Å². The number of rotatable bonds is 8. The highest BCUT2D eigenvalue weighted by Gasteiger charge is 2.48. The second-order valence-corrected chi connectivity index (χ2v) is 12.8. The third-order valence-electron chi connectivity index (χ3n) is 6.17. The minimum absolute atomic E-state index is 0.00903. The number of fused-ring (bicyclic) bond motifs is 1. The third kappa shape index (κ3) is 4.89. The summed E-state index contributed by atoms with van der Waals surface area (Å²) in [6.07, 6.45) is 1.03. The van der Waals surface area contributed by atoms with Gasteiger partial charge < -0.3 is 35.2 Å². The fraction of sp³-hybridized carbons (Fsp3) is 0.722. The van der Waals surface area contributed by atoms with E-state index in [0.29, 0.717) is 16.9 Å². The minimum Gasteiger partial charge on any atom is -0.394 e. The lowest BCUT2D eigenvalue weighted by molar-refractivity contribution is -0.0362. The largest absolute Gasteiger partial charge is 0.394 e. The molecule has 1 aliphatic heterocycles. The van der Waals surface area contributed by atoms with Gasteiger partial charge in [-0.2, -0.15) is 15.1 Å². The van der Waals surface area contributed by atoms with Gasteiger partial charge in [-0.15, -0.1) is 11.8 Å². The van der Waals surface area contributed by atoms with Crippen LogP contribution in [0.5, 0.6) is 0 Å². The van der Waals surface area contributed by atoms with E-state index < -0.39 is 43.2 Å². The second-order valence-electron chi connectivity index (χ2n) is 8.53. The summed E-state index contributed by atoms with van der Waals surface area (Å²) in [7, 11) is -4.64. The summed E-state index contributed by atoms with van der Waals surface area (Å²) in [5.41, 5.74) is 0.315. The van der Waals surface area contributed by atoms with E-state index in [1.807, 2.05) is 0 Å². The van der Waals surface area contributed by atoms with Crippen LogP contribution in [0.1, 0.15) is 38.8 Å². The van der Waals surface area contributed by atoms with Crippen molar-refractivity contribution in [2.45, 2.75) is 67.7 Å². The predicted molar refractivity (Wildman–Crippen MR) is 122 cm³/mol. The van der Waals surface area contributed by atoms with E-state index in [1.54, 1.807) is 0 Å². The molecule has 6 N–H and O–H groups in total. The first-order chi connectivity index (χ1) is 15.5. The average molecular weight is 524 g/mol.